The van der Waals surface area contributed by atoms with Gasteiger partial charge in [-0.05, 0) is 36.8 Å². The third-order valence-corrected chi connectivity index (χ3v) is 3.34. The van der Waals surface area contributed by atoms with Crippen molar-refractivity contribution < 1.29 is 9.47 Å². The number of ether oxygens (including phenoxy) is 2. The fourth-order valence-corrected chi connectivity index (χ4v) is 2.11. The van der Waals surface area contributed by atoms with E-state index in [0.717, 1.165) is 17.7 Å². The normalized spacial score (nSPS) is 12.0. The van der Waals surface area contributed by atoms with Crippen molar-refractivity contribution in [2.24, 2.45) is 5.73 Å². The maximum atomic E-state index is 6.17. The maximum Gasteiger partial charge on any atom is 0.137 e. The number of nitrogens with two attached hydrogens (primary N) is 1. The zero-order valence-corrected chi connectivity index (χ0v) is 12.8. The van der Waals surface area contributed by atoms with Gasteiger partial charge in [-0.1, -0.05) is 35.9 Å². The molecule has 1 unspecified atom stereocenters. The summed E-state index contributed by atoms with van der Waals surface area (Å²) in [6.07, 6.45) is 0.792. The highest BCUT2D eigenvalue weighted by molar-refractivity contribution is 6.32. The molecule has 2 rings (SSSR count). The number of halogens is 1. The molecule has 0 aromatic heterocycles. The molecule has 0 saturated carbocycles. The van der Waals surface area contributed by atoms with E-state index in [4.69, 9.17) is 26.8 Å². The Morgan fingerprint density at radius 3 is 2.43 bits per heavy atom. The van der Waals surface area contributed by atoms with Crippen molar-refractivity contribution in [1.82, 2.24) is 0 Å². The number of rotatable bonds is 7. The minimum Gasteiger partial charge on any atom is -0.493 e. The van der Waals surface area contributed by atoms with Gasteiger partial charge >= 0.3 is 0 Å². The Bertz CT molecular complexity index is 558. The number of hydrogen-bond acceptors (Lipinski definition) is 3. The fraction of sp³-hybridized carbons (Fsp3) is 0.294. The molecule has 0 amide bonds. The first-order valence-electron chi connectivity index (χ1n) is 7.02. The third-order valence-electron chi connectivity index (χ3n) is 3.04. The number of hydrogen-bond donors (Lipinski definition) is 1. The first-order chi connectivity index (χ1) is 10.2. The summed E-state index contributed by atoms with van der Waals surface area (Å²) in [7, 11) is 0. The first-order valence-corrected chi connectivity index (χ1v) is 7.40. The number of para-hydroxylation sites is 1. The van der Waals surface area contributed by atoms with Gasteiger partial charge < -0.3 is 15.2 Å². The lowest BCUT2D eigenvalue weighted by Gasteiger charge is -2.11. The van der Waals surface area contributed by atoms with Crippen LogP contribution >= 0.6 is 11.6 Å². The summed E-state index contributed by atoms with van der Waals surface area (Å²) in [5.74, 6) is 1.55. The minimum atomic E-state index is -0.0316. The van der Waals surface area contributed by atoms with Crippen molar-refractivity contribution in [3.8, 4) is 11.5 Å². The predicted molar refractivity (Wildman–Crippen MR) is 86.1 cm³/mol. The van der Waals surface area contributed by atoms with Gasteiger partial charge in [-0.25, -0.2) is 0 Å². The molecule has 1 atom stereocenters. The summed E-state index contributed by atoms with van der Waals surface area (Å²) in [5, 5.41) is 0.591. The Kier molecular flexibility index (Phi) is 5.90. The third kappa shape index (κ3) is 4.96. The van der Waals surface area contributed by atoms with Crippen LogP contribution in [-0.2, 0) is 0 Å². The molecule has 0 radical (unpaired) electrons. The first kappa shape index (κ1) is 15.7. The lowest BCUT2D eigenvalue weighted by Crippen LogP contribution is -2.07. The van der Waals surface area contributed by atoms with E-state index in [1.165, 1.54) is 0 Å². The van der Waals surface area contributed by atoms with E-state index in [1.54, 1.807) is 0 Å². The molecule has 3 nitrogen and oxygen atoms in total. The van der Waals surface area contributed by atoms with Crippen molar-refractivity contribution in [2.75, 3.05) is 13.2 Å². The molecular weight excluding hydrogens is 286 g/mol. The fourth-order valence-electron chi connectivity index (χ4n) is 1.87. The zero-order chi connectivity index (χ0) is 15.1. The predicted octanol–water partition coefficient (Wildman–Crippen LogP) is 4.21. The monoisotopic (exact) mass is 305 g/mol. The molecule has 2 N–H and O–H groups in total. The minimum absolute atomic E-state index is 0.0316. The molecule has 21 heavy (non-hydrogen) atoms. The van der Waals surface area contributed by atoms with Crippen LogP contribution in [-0.4, -0.2) is 13.2 Å². The van der Waals surface area contributed by atoms with Gasteiger partial charge in [0.05, 0.1) is 18.2 Å². The van der Waals surface area contributed by atoms with Crippen molar-refractivity contribution >= 4 is 11.6 Å². The quantitative estimate of drug-likeness (QED) is 0.779. The molecule has 2 aromatic carbocycles. The zero-order valence-electron chi connectivity index (χ0n) is 12.1. The van der Waals surface area contributed by atoms with Gasteiger partial charge in [-0.3, -0.25) is 0 Å². The second-order valence-electron chi connectivity index (χ2n) is 4.84. The van der Waals surface area contributed by atoms with Crippen LogP contribution in [0.3, 0.4) is 0 Å². The van der Waals surface area contributed by atoms with Crippen LogP contribution in [0, 0.1) is 0 Å². The highest BCUT2D eigenvalue weighted by Gasteiger charge is 2.05. The summed E-state index contributed by atoms with van der Waals surface area (Å²) < 4.78 is 11.3. The molecule has 0 saturated heterocycles. The molecule has 2 aromatic rings. The van der Waals surface area contributed by atoms with Crippen LogP contribution in [0.5, 0.6) is 11.5 Å². The highest BCUT2D eigenvalue weighted by Crippen LogP contribution is 2.27. The van der Waals surface area contributed by atoms with Gasteiger partial charge in [0.25, 0.3) is 0 Å². The molecule has 0 heterocycles. The molecule has 0 aliphatic heterocycles. The van der Waals surface area contributed by atoms with Crippen molar-refractivity contribution in [3.63, 3.8) is 0 Å². The van der Waals surface area contributed by atoms with E-state index in [1.807, 2.05) is 55.5 Å². The van der Waals surface area contributed by atoms with Crippen molar-refractivity contribution in [2.45, 2.75) is 19.4 Å². The average molecular weight is 306 g/mol. The second kappa shape index (κ2) is 7.91. The summed E-state index contributed by atoms with van der Waals surface area (Å²) in [6, 6.07) is 15.3. The van der Waals surface area contributed by atoms with Gasteiger partial charge in [0.2, 0.25) is 0 Å². The molecule has 0 aliphatic carbocycles. The van der Waals surface area contributed by atoms with Gasteiger partial charge in [-0.2, -0.15) is 0 Å². The summed E-state index contributed by atoms with van der Waals surface area (Å²) in [5.41, 5.74) is 6.81. The Balaban J connectivity index is 1.74. The van der Waals surface area contributed by atoms with E-state index in [-0.39, 0.29) is 6.04 Å². The molecule has 0 spiro atoms. The lowest BCUT2D eigenvalue weighted by molar-refractivity contribution is 0.247. The van der Waals surface area contributed by atoms with Gasteiger partial charge in [0.1, 0.15) is 11.5 Å². The molecular formula is C17H20ClNO2. The second-order valence-corrected chi connectivity index (χ2v) is 5.25. The van der Waals surface area contributed by atoms with Crippen LogP contribution in [0.15, 0.2) is 48.5 Å². The summed E-state index contributed by atoms with van der Waals surface area (Å²) in [4.78, 5) is 0. The molecule has 4 heteroatoms. The van der Waals surface area contributed by atoms with E-state index in [9.17, 15) is 0 Å². The topological polar surface area (TPSA) is 44.5 Å². The molecule has 0 fully saturated rings. The van der Waals surface area contributed by atoms with Crippen LogP contribution < -0.4 is 15.2 Å². The van der Waals surface area contributed by atoms with Gasteiger partial charge in [0, 0.05) is 12.5 Å². The molecule has 0 bridgehead atoms. The SMILES string of the molecule is CC(N)c1ccc(OCCCOc2ccccc2)c(Cl)c1. The van der Waals surface area contributed by atoms with E-state index in [2.05, 4.69) is 0 Å². The summed E-state index contributed by atoms with van der Waals surface area (Å²) in [6.45, 7) is 3.09. The molecule has 0 aliphatic rings. The van der Waals surface area contributed by atoms with Gasteiger partial charge in [-0.15, -0.1) is 0 Å². The van der Waals surface area contributed by atoms with Gasteiger partial charge in [0.15, 0.2) is 0 Å². The van der Waals surface area contributed by atoms with E-state index >= 15 is 0 Å². The largest absolute Gasteiger partial charge is 0.493 e. The Morgan fingerprint density at radius 2 is 1.76 bits per heavy atom. The van der Waals surface area contributed by atoms with Crippen molar-refractivity contribution in [3.05, 3.63) is 59.1 Å². The van der Waals surface area contributed by atoms with E-state index < -0.39 is 0 Å². The Morgan fingerprint density at radius 1 is 1.05 bits per heavy atom. The molecule has 112 valence electrons. The van der Waals surface area contributed by atoms with Crippen LogP contribution in [0.2, 0.25) is 5.02 Å². The summed E-state index contributed by atoms with van der Waals surface area (Å²) >= 11 is 6.17. The van der Waals surface area contributed by atoms with Crippen LogP contribution in [0.4, 0.5) is 0 Å². The van der Waals surface area contributed by atoms with Crippen LogP contribution in [0.1, 0.15) is 24.9 Å². The maximum absolute atomic E-state index is 6.17. The Labute approximate surface area is 130 Å². The number of benzene rings is 2. The smallest absolute Gasteiger partial charge is 0.137 e. The van der Waals surface area contributed by atoms with Crippen molar-refractivity contribution in [1.29, 1.82) is 0 Å². The standard InChI is InChI=1S/C17H20ClNO2/c1-13(19)14-8-9-17(16(18)12-14)21-11-5-10-20-15-6-3-2-4-7-15/h2-4,6-9,12-13H,5,10-11,19H2,1H3. The average Bonchev–Trinajstić information content (AvgIpc) is 2.49. The van der Waals surface area contributed by atoms with E-state index in [0.29, 0.717) is 24.0 Å². The van der Waals surface area contributed by atoms with Crippen LogP contribution in [0.25, 0.3) is 0 Å². The Hall–Kier alpha value is -1.71. The highest BCUT2D eigenvalue weighted by atomic mass is 35.5. The lowest BCUT2D eigenvalue weighted by atomic mass is 10.1.